The van der Waals surface area contributed by atoms with Gasteiger partial charge in [-0.3, -0.25) is 4.79 Å². The molecule has 0 unspecified atom stereocenters. The van der Waals surface area contributed by atoms with Gasteiger partial charge >= 0.3 is 0 Å². The first-order valence-corrected chi connectivity index (χ1v) is 8.93. The second-order valence-corrected chi connectivity index (χ2v) is 7.18. The number of amidine groups is 1. The van der Waals surface area contributed by atoms with Gasteiger partial charge in [-0.1, -0.05) is 35.3 Å². The van der Waals surface area contributed by atoms with Crippen molar-refractivity contribution in [3.05, 3.63) is 62.5 Å². The van der Waals surface area contributed by atoms with Crippen LogP contribution in [0.15, 0.2) is 46.3 Å². The van der Waals surface area contributed by atoms with E-state index in [-0.39, 0.29) is 5.91 Å². The predicted molar refractivity (Wildman–Crippen MR) is 105 cm³/mol. The third-order valence-electron chi connectivity index (χ3n) is 3.52. The lowest BCUT2D eigenvalue weighted by atomic mass is 10.2. The van der Waals surface area contributed by atoms with Crippen LogP contribution in [0, 0.1) is 6.92 Å². The molecule has 25 heavy (non-hydrogen) atoms. The van der Waals surface area contributed by atoms with Crippen LogP contribution >= 0.6 is 35.0 Å². The summed E-state index contributed by atoms with van der Waals surface area (Å²) in [5.41, 5.74) is 2.51. The zero-order valence-electron chi connectivity index (χ0n) is 13.5. The van der Waals surface area contributed by atoms with E-state index in [9.17, 15) is 4.79 Å². The number of nitrogens with zero attached hydrogens (tertiary/aromatic N) is 1. The van der Waals surface area contributed by atoms with Crippen LogP contribution < -0.4 is 10.1 Å². The summed E-state index contributed by atoms with van der Waals surface area (Å²) < 4.78 is 5.13. The minimum absolute atomic E-state index is 0.199. The number of aryl methyl sites for hydroxylation is 1. The fourth-order valence-corrected chi connectivity index (χ4v) is 3.48. The number of carbonyl (C=O) groups is 1. The number of hydrogen-bond donors (Lipinski definition) is 1. The van der Waals surface area contributed by atoms with E-state index in [0.717, 1.165) is 16.8 Å². The Balaban J connectivity index is 1.86. The fraction of sp³-hybridized carbons (Fsp3) is 0.111. The van der Waals surface area contributed by atoms with E-state index in [2.05, 4.69) is 10.3 Å². The maximum Gasteiger partial charge on any atom is 0.264 e. The van der Waals surface area contributed by atoms with Gasteiger partial charge in [0.25, 0.3) is 5.91 Å². The number of methoxy groups -OCH3 is 1. The van der Waals surface area contributed by atoms with E-state index in [0.29, 0.717) is 25.9 Å². The molecular weight excluding hydrogens is 379 g/mol. The van der Waals surface area contributed by atoms with Crippen LogP contribution in [0.25, 0.3) is 6.08 Å². The van der Waals surface area contributed by atoms with Gasteiger partial charge in [-0.15, -0.1) is 0 Å². The Bertz CT molecular complexity index is 910. The highest BCUT2D eigenvalue weighted by molar-refractivity contribution is 8.18. The number of benzene rings is 2. The molecule has 0 radical (unpaired) electrons. The van der Waals surface area contributed by atoms with Gasteiger partial charge in [0.2, 0.25) is 0 Å². The van der Waals surface area contributed by atoms with Crippen LogP contribution in [0.5, 0.6) is 5.75 Å². The van der Waals surface area contributed by atoms with E-state index in [1.165, 1.54) is 11.8 Å². The number of thioether (sulfide) groups is 1. The quantitative estimate of drug-likeness (QED) is 0.729. The van der Waals surface area contributed by atoms with Crippen LogP contribution in [-0.4, -0.2) is 18.2 Å². The van der Waals surface area contributed by atoms with Crippen molar-refractivity contribution >= 4 is 57.8 Å². The molecule has 0 aromatic heterocycles. The van der Waals surface area contributed by atoms with Gasteiger partial charge in [-0.2, -0.15) is 0 Å². The van der Waals surface area contributed by atoms with Crippen molar-refractivity contribution < 1.29 is 9.53 Å². The zero-order valence-corrected chi connectivity index (χ0v) is 15.8. The van der Waals surface area contributed by atoms with Crippen LogP contribution in [0.3, 0.4) is 0 Å². The summed E-state index contributed by atoms with van der Waals surface area (Å²) >= 11 is 13.4. The van der Waals surface area contributed by atoms with Crippen molar-refractivity contribution in [1.29, 1.82) is 0 Å². The molecule has 7 heteroatoms. The number of amides is 1. The normalized spacial score (nSPS) is 17.2. The highest BCUT2D eigenvalue weighted by Gasteiger charge is 2.24. The Morgan fingerprint density at radius 2 is 2.00 bits per heavy atom. The van der Waals surface area contributed by atoms with E-state index < -0.39 is 0 Å². The molecule has 2 aromatic carbocycles. The summed E-state index contributed by atoms with van der Waals surface area (Å²) in [7, 11) is 1.56. The Labute approximate surface area is 159 Å². The Morgan fingerprint density at radius 3 is 2.72 bits per heavy atom. The second-order valence-electron chi connectivity index (χ2n) is 5.31. The van der Waals surface area contributed by atoms with Gasteiger partial charge in [0, 0.05) is 5.02 Å². The number of aliphatic imine (C=N–C) groups is 1. The van der Waals surface area contributed by atoms with E-state index >= 15 is 0 Å². The van der Waals surface area contributed by atoms with Gasteiger partial charge in [-0.25, -0.2) is 4.99 Å². The third-order valence-corrected chi connectivity index (χ3v) is 4.96. The number of ether oxygens (including phenoxy) is 1. The fourth-order valence-electron chi connectivity index (χ4n) is 2.22. The Kier molecular flexibility index (Phi) is 5.37. The van der Waals surface area contributed by atoms with Crippen molar-refractivity contribution in [1.82, 2.24) is 5.32 Å². The molecule has 0 atom stereocenters. The monoisotopic (exact) mass is 392 g/mol. The van der Waals surface area contributed by atoms with Gasteiger partial charge in [0.05, 0.1) is 22.7 Å². The Morgan fingerprint density at radius 1 is 1.20 bits per heavy atom. The molecule has 1 amide bonds. The van der Waals surface area contributed by atoms with Gasteiger partial charge in [-0.05, 0) is 60.2 Å². The smallest absolute Gasteiger partial charge is 0.264 e. The van der Waals surface area contributed by atoms with Crippen molar-refractivity contribution in [2.45, 2.75) is 6.92 Å². The van der Waals surface area contributed by atoms with Gasteiger partial charge in [0.1, 0.15) is 5.75 Å². The zero-order chi connectivity index (χ0) is 18.0. The first-order chi connectivity index (χ1) is 12.0. The molecule has 128 valence electrons. The number of halogens is 2. The SMILES string of the molecule is COc1ccc(C=C2SC(=Nc3cc(Cl)ccc3C)NC2=O)cc1Cl. The molecule has 1 fully saturated rings. The summed E-state index contributed by atoms with van der Waals surface area (Å²) in [6.45, 7) is 1.94. The van der Waals surface area contributed by atoms with Crippen molar-refractivity contribution in [3.63, 3.8) is 0 Å². The molecule has 0 saturated carbocycles. The van der Waals surface area contributed by atoms with Gasteiger partial charge in [0.15, 0.2) is 5.17 Å². The molecule has 1 aliphatic rings. The highest BCUT2D eigenvalue weighted by Crippen LogP contribution is 2.32. The number of carbonyl (C=O) groups excluding carboxylic acids is 1. The molecule has 0 bridgehead atoms. The molecule has 0 aliphatic carbocycles. The average Bonchev–Trinajstić information content (AvgIpc) is 2.90. The molecule has 1 aliphatic heterocycles. The number of nitrogens with one attached hydrogen (secondary N) is 1. The molecule has 2 aromatic rings. The second kappa shape index (κ2) is 7.52. The molecule has 4 nitrogen and oxygen atoms in total. The maximum absolute atomic E-state index is 12.2. The van der Waals surface area contributed by atoms with Crippen molar-refractivity contribution in [3.8, 4) is 5.75 Å². The lowest BCUT2D eigenvalue weighted by molar-refractivity contribution is -0.115. The minimum atomic E-state index is -0.199. The summed E-state index contributed by atoms with van der Waals surface area (Å²) in [5, 5.41) is 4.37. The van der Waals surface area contributed by atoms with Crippen LogP contribution in [-0.2, 0) is 4.79 Å². The summed E-state index contributed by atoms with van der Waals surface area (Å²) in [5.74, 6) is 0.390. The van der Waals surface area contributed by atoms with Gasteiger partial charge < -0.3 is 10.1 Å². The van der Waals surface area contributed by atoms with E-state index in [4.69, 9.17) is 27.9 Å². The molecule has 3 rings (SSSR count). The highest BCUT2D eigenvalue weighted by atomic mass is 35.5. The Hall–Kier alpha value is -1.95. The molecule has 1 saturated heterocycles. The summed E-state index contributed by atoms with van der Waals surface area (Å²) in [6, 6.07) is 10.8. The number of hydrogen-bond acceptors (Lipinski definition) is 4. The maximum atomic E-state index is 12.2. The number of rotatable bonds is 3. The first-order valence-electron chi connectivity index (χ1n) is 7.35. The minimum Gasteiger partial charge on any atom is -0.495 e. The summed E-state index contributed by atoms with van der Waals surface area (Å²) in [6.07, 6.45) is 1.76. The molecule has 1 heterocycles. The largest absolute Gasteiger partial charge is 0.495 e. The molecule has 1 N–H and O–H groups in total. The molecule has 0 spiro atoms. The van der Waals surface area contributed by atoms with Crippen molar-refractivity contribution in [2.24, 2.45) is 4.99 Å². The average molecular weight is 393 g/mol. The first kappa shape index (κ1) is 17.9. The topological polar surface area (TPSA) is 50.7 Å². The van der Waals surface area contributed by atoms with E-state index in [1.54, 1.807) is 37.5 Å². The van der Waals surface area contributed by atoms with Crippen molar-refractivity contribution in [2.75, 3.05) is 7.11 Å². The lowest BCUT2D eigenvalue weighted by Crippen LogP contribution is -2.19. The lowest BCUT2D eigenvalue weighted by Gasteiger charge is -2.03. The standard InChI is InChI=1S/C18H14Cl2N2O2S/c1-10-3-5-12(19)9-14(10)21-18-22-17(23)16(25-18)8-11-4-6-15(24-2)13(20)7-11/h3-9H,1-2H3,(H,21,22,23). The third kappa shape index (κ3) is 4.18. The van der Waals surface area contributed by atoms with Crippen LogP contribution in [0.2, 0.25) is 10.0 Å². The molecular formula is C18H14Cl2N2O2S. The summed E-state index contributed by atoms with van der Waals surface area (Å²) in [4.78, 5) is 17.2. The van der Waals surface area contributed by atoms with Crippen LogP contribution in [0.4, 0.5) is 5.69 Å². The van der Waals surface area contributed by atoms with Crippen LogP contribution in [0.1, 0.15) is 11.1 Å². The predicted octanol–water partition coefficient (Wildman–Crippen LogP) is 5.20. The van der Waals surface area contributed by atoms with E-state index in [1.807, 2.05) is 19.1 Å².